The van der Waals surface area contributed by atoms with Crippen molar-refractivity contribution in [1.82, 2.24) is 4.98 Å². The molecule has 0 spiro atoms. The van der Waals surface area contributed by atoms with Crippen molar-refractivity contribution >= 4 is 28.3 Å². The number of Topliss-reactive ketones (excluding diaryl/α,β-unsaturated/α-hetero) is 1. The largest absolute Gasteiger partial charge is 0.450 e. The molecule has 24 heavy (non-hydrogen) atoms. The van der Waals surface area contributed by atoms with Crippen molar-refractivity contribution in [3.05, 3.63) is 70.9 Å². The number of hydrogen-bond acceptors (Lipinski definition) is 1. The van der Waals surface area contributed by atoms with E-state index in [-0.39, 0.29) is 0 Å². The van der Waals surface area contributed by atoms with Crippen LogP contribution in [0.15, 0.2) is 54.7 Å². The van der Waals surface area contributed by atoms with Gasteiger partial charge < -0.3 is 4.98 Å². The van der Waals surface area contributed by atoms with E-state index < -0.39 is 24.3 Å². The lowest BCUT2D eigenvalue weighted by molar-refractivity contribution is -0.171. The van der Waals surface area contributed by atoms with Crippen molar-refractivity contribution in [2.24, 2.45) is 0 Å². The smallest absolute Gasteiger partial charge is 0.361 e. The number of alkyl halides is 3. The zero-order valence-corrected chi connectivity index (χ0v) is 13.2. The molecule has 0 aliphatic heterocycles. The highest BCUT2D eigenvalue weighted by Gasteiger charge is 2.40. The highest BCUT2D eigenvalue weighted by molar-refractivity contribution is 6.30. The first kappa shape index (κ1) is 16.6. The summed E-state index contributed by atoms with van der Waals surface area (Å²) < 4.78 is 38.3. The van der Waals surface area contributed by atoms with Gasteiger partial charge in [0.2, 0.25) is 5.78 Å². The Morgan fingerprint density at radius 2 is 1.88 bits per heavy atom. The topological polar surface area (TPSA) is 32.9 Å². The molecule has 1 aromatic heterocycles. The number of halogens is 4. The fourth-order valence-corrected chi connectivity index (χ4v) is 3.01. The predicted molar refractivity (Wildman–Crippen MR) is 87.3 cm³/mol. The molecule has 1 N–H and O–H groups in total. The fourth-order valence-electron chi connectivity index (χ4n) is 2.81. The molecule has 0 aliphatic carbocycles. The molecular formula is C18H13ClF3NO. The zero-order chi connectivity index (χ0) is 17.3. The van der Waals surface area contributed by atoms with E-state index in [0.29, 0.717) is 16.1 Å². The van der Waals surface area contributed by atoms with Crippen LogP contribution in [0.25, 0.3) is 10.9 Å². The van der Waals surface area contributed by atoms with E-state index in [1.54, 1.807) is 36.5 Å². The van der Waals surface area contributed by atoms with E-state index in [1.807, 2.05) is 18.2 Å². The minimum atomic E-state index is -4.86. The maximum atomic E-state index is 12.8. The lowest BCUT2D eigenvalue weighted by Crippen LogP contribution is -2.25. The van der Waals surface area contributed by atoms with Crippen LogP contribution in [0, 0.1) is 0 Å². The van der Waals surface area contributed by atoms with Gasteiger partial charge in [0.25, 0.3) is 0 Å². The fraction of sp³-hybridized carbons (Fsp3) is 0.167. The summed E-state index contributed by atoms with van der Waals surface area (Å²) >= 11 is 5.98. The molecule has 1 atom stereocenters. The van der Waals surface area contributed by atoms with Gasteiger partial charge in [-0.25, -0.2) is 0 Å². The summed E-state index contributed by atoms with van der Waals surface area (Å²) in [6, 6.07) is 13.9. The highest BCUT2D eigenvalue weighted by Crippen LogP contribution is 2.36. The summed E-state index contributed by atoms with van der Waals surface area (Å²) in [5.41, 5.74) is 2.02. The number of aromatic amines is 1. The number of hydrogen-bond donors (Lipinski definition) is 1. The first-order valence-corrected chi connectivity index (χ1v) is 7.65. The summed E-state index contributed by atoms with van der Waals surface area (Å²) in [6.45, 7) is 0. The number of benzene rings is 2. The van der Waals surface area contributed by atoms with Crippen molar-refractivity contribution in [2.45, 2.75) is 18.5 Å². The van der Waals surface area contributed by atoms with Crippen LogP contribution in [0.2, 0.25) is 5.02 Å². The van der Waals surface area contributed by atoms with Gasteiger partial charge in [-0.3, -0.25) is 4.79 Å². The maximum Gasteiger partial charge on any atom is 0.450 e. The summed E-state index contributed by atoms with van der Waals surface area (Å²) in [5.74, 6) is -2.48. The van der Waals surface area contributed by atoms with Crippen LogP contribution < -0.4 is 0 Å². The Hall–Kier alpha value is -2.27. The number of H-pyrrole nitrogens is 1. The molecule has 2 nitrogen and oxygen atoms in total. The van der Waals surface area contributed by atoms with Gasteiger partial charge in [0, 0.05) is 34.5 Å². The molecule has 6 heteroatoms. The van der Waals surface area contributed by atoms with Gasteiger partial charge in [-0.15, -0.1) is 0 Å². The van der Waals surface area contributed by atoms with Crippen LogP contribution in [0.5, 0.6) is 0 Å². The molecule has 0 saturated carbocycles. The molecular weight excluding hydrogens is 339 g/mol. The van der Waals surface area contributed by atoms with E-state index in [0.717, 1.165) is 10.9 Å². The molecule has 1 heterocycles. The van der Waals surface area contributed by atoms with Crippen LogP contribution in [-0.2, 0) is 4.79 Å². The van der Waals surface area contributed by atoms with Crippen molar-refractivity contribution in [1.29, 1.82) is 0 Å². The summed E-state index contributed by atoms with van der Waals surface area (Å²) in [5, 5.41) is 1.20. The van der Waals surface area contributed by atoms with E-state index in [9.17, 15) is 18.0 Å². The number of carbonyl (C=O) groups is 1. The number of nitrogens with one attached hydrogen (secondary N) is 1. The number of carbonyl (C=O) groups excluding carboxylic acids is 1. The number of aromatic nitrogens is 1. The van der Waals surface area contributed by atoms with Gasteiger partial charge in [0.05, 0.1) is 0 Å². The van der Waals surface area contributed by atoms with Crippen molar-refractivity contribution in [3.8, 4) is 0 Å². The SMILES string of the molecule is O=C(C[C@@H](c1cccc(Cl)c1)c1c[nH]c2ccccc12)C(F)(F)F. The standard InChI is InChI=1S/C18H13ClF3NO/c19-12-5-3-4-11(8-12)14(9-17(24)18(20,21)22)15-10-23-16-7-2-1-6-13(15)16/h1-8,10,14,23H,9H2/t14-/m0/s1. The average Bonchev–Trinajstić information content (AvgIpc) is 2.95. The van der Waals surface area contributed by atoms with Gasteiger partial charge in [0.1, 0.15) is 0 Å². The summed E-state index contributed by atoms with van der Waals surface area (Å²) in [4.78, 5) is 14.6. The van der Waals surface area contributed by atoms with Gasteiger partial charge in [-0.1, -0.05) is 41.9 Å². The minimum absolute atomic E-state index is 0.414. The van der Waals surface area contributed by atoms with Crippen LogP contribution in [-0.4, -0.2) is 16.9 Å². The quantitative estimate of drug-likeness (QED) is 0.663. The Bertz CT molecular complexity index is 885. The average molecular weight is 352 g/mol. The molecule has 3 rings (SSSR count). The predicted octanol–water partition coefficient (Wildman–Crippen LogP) is 5.47. The molecule has 0 bridgehead atoms. The third kappa shape index (κ3) is 3.31. The Morgan fingerprint density at radius 3 is 2.58 bits per heavy atom. The monoisotopic (exact) mass is 351 g/mol. The van der Waals surface area contributed by atoms with E-state index >= 15 is 0 Å². The number of para-hydroxylation sites is 1. The number of fused-ring (bicyclic) bond motifs is 1. The second-order valence-corrected chi connectivity index (χ2v) is 5.96. The molecule has 0 radical (unpaired) electrons. The second kappa shape index (κ2) is 6.32. The number of ketones is 1. The first-order chi connectivity index (χ1) is 11.4. The third-order valence-corrected chi connectivity index (χ3v) is 4.19. The summed E-state index contributed by atoms with van der Waals surface area (Å²) in [6.07, 6.45) is -3.87. The van der Waals surface area contributed by atoms with Gasteiger partial charge >= 0.3 is 6.18 Å². The molecule has 0 unspecified atom stereocenters. The maximum absolute atomic E-state index is 12.8. The molecule has 0 amide bonds. The Kier molecular flexibility index (Phi) is 4.37. The Morgan fingerprint density at radius 1 is 1.12 bits per heavy atom. The van der Waals surface area contributed by atoms with Crippen LogP contribution in [0.4, 0.5) is 13.2 Å². The van der Waals surface area contributed by atoms with Gasteiger partial charge in [-0.05, 0) is 29.3 Å². The van der Waals surface area contributed by atoms with E-state index in [2.05, 4.69) is 4.98 Å². The lowest BCUT2D eigenvalue weighted by atomic mass is 9.87. The van der Waals surface area contributed by atoms with E-state index in [4.69, 9.17) is 11.6 Å². The zero-order valence-electron chi connectivity index (χ0n) is 12.4. The second-order valence-electron chi connectivity index (χ2n) is 5.52. The molecule has 0 fully saturated rings. The Labute approximate surface area is 141 Å². The molecule has 3 aromatic rings. The van der Waals surface area contributed by atoms with Crippen molar-refractivity contribution < 1.29 is 18.0 Å². The van der Waals surface area contributed by atoms with Crippen molar-refractivity contribution in [3.63, 3.8) is 0 Å². The van der Waals surface area contributed by atoms with Gasteiger partial charge in [0.15, 0.2) is 0 Å². The van der Waals surface area contributed by atoms with Crippen LogP contribution in [0.1, 0.15) is 23.5 Å². The van der Waals surface area contributed by atoms with Crippen molar-refractivity contribution in [2.75, 3.05) is 0 Å². The molecule has 0 aliphatic rings. The van der Waals surface area contributed by atoms with Gasteiger partial charge in [-0.2, -0.15) is 13.2 Å². The Balaban J connectivity index is 2.10. The highest BCUT2D eigenvalue weighted by atomic mass is 35.5. The van der Waals surface area contributed by atoms with E-state index in [1.165, 1.54) is 0 Å². The summed E-state index contributed by atoms with van der Waals surface area (Å²) in [7, 11) is 0. The third-order valence-electron chi connectivity index (χ3n) is 3.95. The molecule has 2 aromatic carbocycles. The normalized spacial score (nSPS) is 13.2. The first-order valence-electron chi connectivity index (χ1n) is 7.28. The lowest BCUT2D eigenvalue weighted by Gasteiger charge is -2.18. The molecule has 0 saturated heterocycles. The molecule has 124 valence electrons. The minimum Gasteiger partial charge on any atom is -0.361 e. The van der Waals surface area contributed by atoms with Crippen LogP contribution >= 0.6 is 11.6 Å². The number of rotatable bonds is 4. The van der Waals surface area contributed by atoms with Crippen LogP contribution in [0.3, 0.4) is 0 Å².